The molecule has 4 heteroatoms. The summed E-state index contributed by atoms with van der Waals surface area (Å²) < 4.78 is 5.49. The molecule has 15 heavy (non-hydrogen) atoms. The van der Waals surface area contributed by atoms with Gasteiger partial charge in [-0.25, -0.2) is 0 Å². The van der Waals surface area contributed by atoms with Crippen LogP contribution in [0.4, 0.5) is 0 Å². The van der Waals surface area contributed by atoms with E-state index in [4.69, 9.17) is 10.5 Å². The zero-order valence-electron chi connectivity index (χ0n) is 9.18. The highest BCUT2D eigenvalue weighted by atomic mass is 16.5. The van der Waals surface area contributed by atoms with Crippen molar-refractivity contribution in [3.63, 3.8) is 0 Å². The number of rotatable bonds is 5. The molecule has 0 aliphatic heterocycles. The standard InChI is InChI=1S/C11H18N2O2/c1-8(2)7-15-10-3-9(5-13-6-10)11(14)4-12/h3,5-6,8,11,14H,4,7,12H2,1-2H3. The van der Waals surface area contributed by atoms with Crippen molar-refractivity contribution in [2.75, 3.05) is 13.2 Å². The van der Waals surface area contributed by atoms with Crippen LogP contribution in [-0.4, -0.2) is 23.2 Å². The summed E-state index contributed by atoms with van der Waals surface area (Å²) in [5, 5.41) is 9.51. The SMILES string of the molecule is CC(C)COc1cncc(C(O)CN)c1. The van der Waals surface area contributed by atoms with Gasteiger partial charge >= 0.3 is 0 Å². The molecule has 0 spiro atoms. The van der Waals surface area contributed by atoms with Crippen LogP contribution in [0.15, 0.2) is 18.5 Å². The van der Waals surface area contributed by atoms with E-state index in [1.807, 2.05) is 0 Å². The van der Waals surface area contributed by atoms with E-state index in [1.54, 1.807) is 18.5 Å². The van der Waals surface area contributed by atoms with Crippen molar-refractivity contribution in [1.82, 2.24) is 4.98 Å². The first kappa shape index (κ1) is 11.9. The number of aliphatic hydroxyl groups is 1. The fourth-order valence-corrected chi connectivity index (χ4v) is 1.10. The van der Waals surface area contributed by atoms with Gasteiger partial charge in [0.2, 0.25) is 0 Å². The number of aliphatic hydroxyl groups excluding tert-OH is 1. The molecule has 1 atom stereocenters. The molecule has 3 N–H and O–H groups in total. The van der Waals surface area contributed by atoms with E-state index in [0.717, 1.165) is 0 Å². The van der Waals surface area contributed by atoms with Crippen molar-refractivity contribution in [3.05, 3.63) is 24.0 Å². The second kappa shape index (κ2) is 5.68. The minimum atomic E-state index is -0.667. The van der Waals surface area contributed by atoms with Gasteiger partial charge < -0.3 is 15.6 Å². The lowest BCUT2D eigenvalue weighted by molar-refractivity contribution is 0.185. The summed E-state index contributed by atoms with van der Waals surface area (Å²) in [4.78, 5) is 3.99. The van der Waals surface area contributed by atoms with Gasteiger partial charge in [-0.3, -0.25) is 4.98 Å². The average Bonchev–Trinajstić information content (AvgIpc) is 2.25. The number of nitrogens with two attached hydrogens (primary N) is 1. The van der Waals surface area contributed by atoms with Gasteiger partial charge in [0.25, 0.3) is 0 Å². The quantitative estimate of drug-likeness (QED) is 0.764. The number of nitrogens with zero attached hydrogens (tertiary/aromatic N) is 1. The molecule has 84 valence electrons. The van der Waals surface area contributed by atoms with Gasteiger partial charge in [-0.1, -0.05) is 13.8 Å². The van der Waals surface area contributed by atoms with Crippen LogP contribution in [-0.2, 0) is 0 Å². The zero-order chi connectivity index (χ0) is 11.3. The van der Waals surface area contributed by atoms with E-state index >= 15 is 0 Å². The largest absolute Gasteiger partial charge is 0.492 e. The van der Waals surface area contributed by atoms with Gasteiger partial charge in [0, 0.05) is 18.3 Å². The van der Waals surface area contributed by atoms with Crippen molar-refractivity contribution in [3.8, 4) is 5.75 Å². The Labute approximate surface area is 90.1 Å². The fraction of sp³-hybridized carbons (Fsp3) is 0.545. The number of hydrogen-bond donors (Lipinski definition) is 2. The van der Waals surface area contributed by atoms with Gasteiger partial charge in [-0.15, -0.1) is 0 Å². The molecule has 1 heterocycles. The molecule has 0 aliphatic rings. The zero-order valence-corrected chi connectivity index (χ0v) is 9.18. The number of aromatic nitrogens is 1. The van der Waals surface area contributed by atoms with Crippen molar-refractivity contribution in [2.24, 2.45) is 11.7 Å². The van der Waals surface area contributed by atoms with E-state index in [-0.39, 0.29) is 6.54 Å². The molecule has 0 radical (unpaired) electrons. The third-order valence-corrected chi connectivity index (χ3v) is 1.93. The Kier molecular flexibility index (Phi) is 4.52. The Balaban J connectivity index is 2.65. The predicted octanol–water partition coefficient (Wildman–Crippen LogP) is 1.11. The lowest BCUT2D eigenvalue weighted by Gasteiger charge is -2.11. The molecular formula is C11H18N2O2. The smallest absolute Gasteiger partial charge is 0.137 e. The second-order valence-corrected chi connectivity index (χ2v) is 3.91. The molecule has 0 bridgehead atoms. The first-order valence-electron chi connectivity index (χ1n) is 5.09. The first-order valence-corrected chi connectivity index (χ1v) is 5.09. The van der Waals surface area contributed by atoms with Crippen LogP contribution in [0.5, 0.6) is 5.75 Å². The molecule has 1 aromatic heterocycles. The highest BCUT2D eigenvalue weighted by molar-refractivity contribution is 5.25. The van der Waals surface area contributed by atoms with E-state index in [0.29, 0.717) is 23.8 Å². The van der Waals surface area contributed by atoms with Crippen LogP contribution < -0.4 is 10.5 Å². The van der Waals surface area contributed by atoms with Gasteiger partial charge in [0.1, 0.15) is 5.75 Å². The van der Waals surface area contributed by atoms with Gasteiger partial charge in [0.05, 0.1) is 18.9 Å². The Bertz CT molecular complexity index is 302. The summed E-state index contributed by atoms with van der Waals surface area (Å²) in [5.41, 5.74) is 6.05. The number of ether oxygens (including phenoxy) is 1. The molecule has 0 amide bonds. The monoisotopic (exact) mass is 210 g/mol. The Morgan fingerprint density at radius 1 is 1.47 bits per heavy atom. The summed E-state index contributed by atoms with van der Waals surface area (Å²) in [5.74, 6) is 1.14. The van der Waals surface area contributed by atoms with E-state index in [9.17, 15) is 5.11 Å². The Morgan fingerprint density at radius 3 is 2.80 bits per heavy atom. The van der Waals surface area contributed by atoms with E-state index < -0.39 is 6.10 Å². The Morgan fingerprint density at radius 2 is 2.20 bits per heavy atom. The molecule has 0 fully saturated rings. The summed E-state index contributed by atoms with van der Waals surface area (Å²) in [6.45, 7) is 4.98. The highest BCUT2D eigenvalue weighted by Crippen LogP contribution is 2.17. The van der Waals surface area contributed by atoms with Crippen LogP contribution in [0.25, 0.3) is 0 Å². The van der Waals surface area contributed by atoms with Gasteiger partial charge in [0.15, 0.2) is 0 Å². The molecule has 1 rings (SSSR count). The van der Waals surface area contributed by atoms with Crippen molar-refractivity contribution >= 4 is 0 Å². The summed E-state index contributed by atoms with van der Waals surface area (Å²) in [6.07, 6.45) is 2.56. The predicted molar refractivity (Wildman–Crippen MR) is 58.6 cm³/mol. The minimum absolute atomic E-state index is 0.190. The molecular weight excluding hydrogens is 192 g/mol. The third-order valence-electron chi connectivity index (χ3n) is 1.93. The molecule has 0 aliphatic carbocycles. The van der Waals surface area contributed by atoms with Crippen molar-refractivity contribution in [2.45, 2.75) is 20.0 Å². The topological polar surface area (TPSA) is 68.4 Å². The molecule has 1 unspecified atom stereocenters. The second-order valence-electron chi connectivity index (χ2n) is 3.91. The fourth-order valence-electron chi connectivity index (χ4n) is 1.10. The molecule has 0 saturated carbocycles. The lowest BCUT2D eigenvalue weighted by atomic mass is 10.1. The maximum Gasteiger partial charge on any atom is 0.137 e. The number of hydrogen-bond acceptors (Lipinski definition) is 4. The van der Waals surface area contributed by atoms with E-state index in [2.05, 4.69) is 18.8 Å². The number of pyridine rings is 1. The molecule has 1 aromatic rings. The van der Waals surface area contributed by atoms with Crippen LogP contribution >= 0.6 is 0 Å². The maximum atomic E-state index is 9.51. The first-order chi connectivity index (χ1) is 7.13. The molecule has 0 aromatic carbocycles. The molecule has 0 saturated heterocycles. The summed E-state index contributed by atoms with van der Waals surface area (Å²) in [6, 6.07) is 1.77. The van der Waals surface area contributed by atoms with Crippen LogP contribution in [0.1, 0.15) is 25.5 Å². The lowest BCUT2D eigenvalue weighted by Crippen LogP contribution is -2.12. The van der Waals surface area contributed by atoms with Crippen molar-refractivity contribution < 1.29 is 9.84 Å². The Hall–Kier alpha value is -1.13. The minimum Gasteiger partial charge on any atom is -0.492 e. The van der Waals surface area contributed by atoms with Crippen molar-refractivity contribution in [1.29, 1.82) is 0 Å². The van der Waals surface area contributed by atoms with Crippen LogP contribution in [0, 0.1) is 5.92 Å². The maximum absolute atomic E-state index is 9.51. The van der Waals surface area contributed by atoms with Gasteiger partial charge in [-0.05, 0) is 12.0 Å². The van der Waals surface area contributed by atoms with Crippen LogP contribution in [0.3, 0.4) is 0 Å². The molecule has 4 nitrogen and oxygen atoms in total. The third kappa shape index (κ3) is 3.85. The highest BCUT2D eigenvalue weighted by Gasteiger charge is 2.06. The van der Waals surface area contributed by atoms with Crippen LogP contribution in [0.2, 0.25) is 0 Å². The summed E-state index contributed by atoms with van der Waals surface area (Å²) >= 11 is 0. The van der Waals surface area contributed by atoms with E-state index in [1.165, 1.54) is 0 Å². The summed E-state index contributed by atoms with van der Waals surface area (Å²) in [7, 11) is 0. The van der Waals surface area contributed by atoms with Gasteiger partial charge in [-0.2, -0.15) is 0 Å². The normalized spacial score (nSPS) is 12.9. The average molecular weight is 210 g/mol.